The van der Waals surface area contributed by atoms with Gasteiger partial charge in [0.05, 0.1) is 0 Å². The highest BCUT2D eigenvalue weighted by Gasteiger charge is 2.42. The Morgan fingerprint density at radius 2 is 2.25 bits per heavy atom. The fraction of sp³-hybridized carbons (Fsp3) is 0.857. The lowest BCUT2D eigenvalue weighted by molar-refractivity contribution is -0.497. The molecule has 1 saturated carbocycles. The molecule has 0 saturated heterocycles. The van der Waals surface area contributed by atoms with Gasteiger partial charge in [-0.3, -0.25) is 14.9 Å². The second kappa shape index (κ2) is 3.18. The topological polar surface area (TPSA) is 80.4 Å². The van der Waals surface area contributed by atoms with Crippen LogP contribution >= 0.6 is 0 Å². The predicted molar refractivity (Wildman–Crippen MR) is 40.3 cm³/mol. The minimum Gasteiger partial charge on any atom is -0.376 e. The van der Waals surface area contributed by atoms with Crippen LogP contribution in [0.4, 0.5) is 0 Å². The van der Waals surface area contributed by atoms with E-state index < -0.39 is 17.1 Å². The quantitative estimate of drug-likeness (QED) is 0.475. The Morgan fingerprint density at radius 3 is 2.75 bits per heavy atom. The summed E-state index contributed by atoms with van der Waals surface area (Å²) < 4.78 is 0. The molecule has 1 rings (SSSR count). The van der Waals surface area contributed by atoms with Gasteiger partial charge in [-0.05, 0) is 19.3 Å². The van der Waals surface area contributed by atoms with Crippen LogP contribution in [0.5, 0.6) is 0 Å². The van der Waals surface area contributed by atoms with Crippen molar-refractivity contribution in [3.8, 4) is 0 Å². The van der Waals surface area contributed by atoms with Crippen LogP contribution in [0.25, 0.3) is 0 Å². The van der Waals surface area contributed by atoms with Crippen molar-refractivity contribution < 1.29 is 14.8 Å². The summed E-state index contributed by atoms with van der Waals surface area (Å²) in [5.41, 5.74) is -1.68. The summed E-state index contributed by atoms with van der Waals surface area (Å²) in [6.07, 6.45) is 1.92. The number of ketones is 1. The molecule has 0 aromatic heterocycles. The molecule has 5 heteroatoms. The Morgan fingerprint density at radius 1 is 1.58 bits per heavy atom. The van der Waals surface area contributed by atoms with Crippen LogP contribution in [0.3, 0.4) is 0 Å². The average molecular weight is 173 g/mol. The number of hydrogen-bond acceptors (Lipinski definition) is 4. The molecule has 0 spiro atoms. The number of aliphatic hydroxyl groups is 1. The smallest absolute Gasteiger partial charge is 0.239 e. The molecule has 68 valence electrons. The molecule has 0 aromatic rings. The van der Waals surface area contributed by atoms with Gasteiger partial charge in [-0.2, -0.15) is 0 Å². The van der Waals surface area contributed by atoms with E-state index in [2.05, 4.69) is 0 Å². The molecule has 1 aliphatic rings. The summed E-state index contributed by atoms with van der Waals surface area (Å²) in [5.74, 6) is -0.384. The molecule has 0 bridgehead atoms. The van der Waals surface area contributed by atoms with E-state index in [1.165, 1.54) is 0 Å². The zero-order valence-corrected chi connectivity index (χ0v) is 6.65. The Balaban J connectivity index is 2.66. The van der Waals surface area contributed by atoms with Gasteiger partial charge >= 0.3 is 0 Å². The first kappa shape index (κ1) is 9.12. The lowest BCUT2D eigenvalue weighted by Gasteiger charge is -2.26. The van der Waals surface area contributed by atoms with Crippen LogP contribution in [0.15, 0.2) is 0 Å². The highest BCUT2D eigenvalue weighted by Crippen LogP contribution is 2.24. The minimum atomic E-state index is -1.68. The maximum atomic E-state index is 11.1. The van der Waals surface area contributed by atoms with Gasteiger partial charge in [0.2, 0.25) is 6.54 Å². The number of rotatable bonds is 2. The number of Topliss-reactive ketones (excluding diaryl/α,β-unsaturated/α-hetero) is 1. The second-order valence-electron chi connectivity index (χ2n) is 3.15. The van der Waals surface area contributed by atoms with Crippen molar-refractivity contribution in [3.05, 3.63) is 10.1 Å². The molecular weight excluding hydrogens is 162 g/mol. The zero-order valence-electron chi connectivity index (χ0n) is 6.65. The lowest BCUT2D eigenvalue weighted by Crippen LogP contribution is -2.46. The van der Waals surface area contributed by atoms with Crippen LogP contribution in [0.2, 0.25) is 0 Å². The SMILES string of the molecule is O=C1CCCC[C@]1(O)C[N+](=O)[O-]. The minimum absolute atomic E-state index is 0.229. The Labute approximate surface area is 69.5 Å². The highest BCUT2D eigenvalue weighted by molar-refractivity contribution is 5.87. The number of nitro groups is 1. The fourth-order valence-electron chi connectivity index (χ4n) is 1.46. The summed E-state index contributed by atoms with van der Waals surface area (Å²) in [4.78, 5) is 20.6. The van der Waals surface area contributed by atoms with Gasteiger partial charge in [0.1, 0.15) is 0 Å². The van der Waals surface area contributed by atoms with Gasteiger partial charge in [0, 0.05) is 11.3 Å². The molecule has 12 heavy (non-hydrogen) atoms. The van der Waals surface area contributed by atoms with E-state index in [-0.39, 0.29) is 18.6 Å². The van der Waals surface area contributed by atoms with Gasteiger partial charge in [-0.1, -0.05) is 0 Å². The van der Waals surface area contributed by atoms with Crippen molar-refractivity contribution in [2.24, 2.45) is 0 Å². The van der Waals surface area contributed by atoms with Gasteiger partial charge in [0.15, 0.2) is 11.4 Å². The summed E-state index contributed by atoms with van der Waals surface area (Å²) in [7, 11) is 0. The Bertz CT molecular complexity index is 215. The Kier molecular flexibility index (Phi) is 2.42. The van der Waals surface area contributed by atoms with Crippen LogP contribution in [-0.2, 0) is 4.79 Å². The molecule has 0 unspecified atom stereocenters. The van der Waals surface area contributed by atoms with Gasteiger partial charge in [0.25, 0.3) is 0 Å². The first-order valence-electron chi connectivity index (χ1n) is 3.92. The Hall–Kier alpha value is -0.970. The highest BCUT2D eigenvalue weighted by atomic mass is 16.6. The zero-order chi connectivity index (χ0) is 9.19. The number of hydrogen-bond donors (Lipinski definition) is 1. The third-order valence-electron chi connectivity index (χ3n) is 2.15. The molecule has 1 N–H and O–H groups in total. The van der Waals surface area contributed by atoms with E-state index in [4.69, 9.17) is 0 Å². The van der Waals surface area contributed by atoms with Crippen molar-refractivity contribution in [2.75, 3.05) is 6.54 Å². The molecule has 0 aromatic carbocycles. The standard InChI is InChI=1S/C7H11NO4/c9-6-3-1-2-4-7(6,10)5-8(11)12/h10H,1-5H2/t7-/m0/s1. The molecule has 0 aliphatic heterocycles. The molecule has 0 heterocycles. The van der Waals surface area contributed by atoms with E-state index in [1.54, 1.807) is 0 Å². The van der Waals surface area contributed by atoms with Gasteiger partial charge in [-0.15, -0.1) is 0 Å². The van der Waals surface area contributed by atoms with Gasteiger partial charge in [-0.25, -0.2) is 0 Å². The molecule has 5 nitrogen and oxygen atoms in total. The first-order valence-corrected chi connectivity index (χ1v) is 3.92. The molecule has 0 amide bonds. The molecule has 1 aliphatic carbocycles. The molecule has 1 atom stereocenters. The van der Waals surface area contributed by atoms with E-state index in [0.29, 0.717) is 6.42 Å². The second-order valence-corrected chi connectivity index (χ2v) is 3.15. The number of nitrogens with zero attached hydrogens (tertiary/aromatic N) is 1. The van der Waals surface area contributed by atoms with Crippen LogP contribution in [-0.4, -0.2) is 28.0 Å². The number of carbonyl (C=O) groups is 1. The average Bonchev–Trinajstić information content (AvgIpc) is 1.94. The maximum Gasteiger partial charge on any atom is 0.239 e. The lowest BCUT2D eigenvalue weighted by atomic mass is 9.84. The largest absolute Gasteiger partial charge is 0.376 e. The third-order valence-corrected chi connectivity index (χ3v) is 2.15. The summed E-state index contributed by atoms with van der Waals surface area (Å²) >= 11 is 0. The monoisotopic (exact) mass is 173 g/mol. The van der Waals surface area contributed by atoms with Crippen molar-refractivity contribution in [3.63, 3.8) is 0 Å². The van der Waals surface area contributed by atoms with Crippen molar-refractivity contribution in [1.82, 2.24) is 0 Å². The maximum absolute atomic E-state index is 11.1. The molecular formula is C7H11NO4. The van der Waals surface area contributed by atoms with E-state index in [0.717, 1.165) is 6.42 Å². The summed E-state index contributed by atoms with van der Waals surface area (Å²) in [6, 6.07) is 0. The summed E-state index contributed by atoms with van der Waals surface area (Å²) in [5, 5.41) is 19.6. The van der Waals surface area contributed by atoms with E-state index in [1.807, 2.05) is 0 Å². The van der Waals surface area contributed by atoms with Crippen molar-refractivity contribution >= 4 is 5.78 Å². The van der Waals surface area contributed by atoms with Crippen LogP contribution < -0.4 is 0 Å². The first-order chi connectivity index (χ1) is 5.54. The fourth-order valence-corrected chi connectivity index (χ4v) is 1.46. The summed E-state index contributed by atoms with van der Waals surface area (Å²) in [6.45, 7) is -0.647. The molecule has 1 fully saturated rings. The number of carbonyl (C=O) groups excluding carboxylic acids is 1. The van der Waals surface area contributed by atoms with E-state index >= 15 is 0 Å². The normalized spacial score (nSPS) is 30.2. The molecule has 0 radical (unpaired) electrons. The van der Waals surface area contributed by atoms with Gasteiger partial charge < -0.3 is 5.11 Å². The third kappa shape index (κ3) is 1.79. The van der Waals surface area contributed by atoms with Crippen LogP contribution in [0.1, 0.15) is 25.7 Å². The van der Waals surface area contributed by atoms with Crippen molar-refractivity contribution in [2.45, 2.75) is 31.3 Å². The van der Waals surface area contributed by atoms with Crippen molar-refractivity contribution in [1.29, 1.82) is 0 Å². The van der Waals surface area contributed by atoms with E-state index in [9.17, 15) is 20.0 Å². The van der Waals surface area contributed by atoms with Crippen LogP contribution in [0, 0.1) is 10.1 Å². The predicted octanol–water partition coefficient (Wildman–Crippen LogP) is 0.137.